The van der Waals surface area contributed by atoms with Crippen LogP contribution in [0.5, 0.6) is 5.88 Å². The van der Waals surface area contributed by atoms with Gasteiger partial charge >= 0.3 is 0 Å². The van der Waals surface area contributed by atoms with E-state index in [0.717, 1.165) is 32.2 Å². The summed E-state index contributed by atoms with van der Waals surface area (Å²) in [5.41, 5.74) is 9.70. The fourth-order valence-electron chi connectivity index (χ4n) is 4.04. The number of nitrogens with two attached hydrogens (primary N) is 1. The highest BCUT2D eigenvalue weighted by atomic mass is 16.5. The van der Waals surface area contributed by atoms with Crippen molar-refractivity contribution in [3.63, 3.8) is 0 Å². The van der Waals surface area contributed by atoms with Crippen LogP contribution in [0, 0.1) is 0 Å². The van der Waals surface area contributed by atoms with Gasteiger partial charge in [0, 0.05) is 31.1 Å². The highest BCUT2D eigenvalue weighted by Crippen LogP contribution is 2.31. The van der Waals surface area contributed by atoms with E-state index in [-0.39, 0.29) is 12.1 Å². The molecule has 0 radical (unpaired) electrons. The first-order chi connectivity index (χ1) is 14.7. The molecule has 5 nitrogen and oxygen atoms in total. The molecule has 4 rings (SSSR count). The summed E-state index contributed by atoms with van der Waals surface area (Å²) in [5, 5.41) is 3.73. The van der Waals surface area contributed by atoms with E-state index in [1.807, 2.05) is 0 Å². The number of nitrogens with one attached hydrogen (secondary N) is 1. The third-order valence-corrected chi connectivity index (χ3v) is 5.56. The zero-order chi connectivity index (χ0) is 20.8. The minimum atomic E-state index is -0.486. The average molecular weight is 402 g/mol. The van der Waals surface area contributed by atoms with Crippen molar-refractivity contribution in [3.8, 4) is 5.88 Å². The number of hydrogen-bond donors (Lipinski definition) is 2. The Morgan fingerprint density at radius 3 is 2.63 bits per heavy atom. The van der Waals surface area contributed by atoms with Gasteiger partial charge in [0.25, 0.3) is 0 Å². The van der Waals surface area contributed by atoms with Crippen molar-refractivity contribution in [3.05, 3.63) is 95.2 Å². The van der Waals surface area contributed by atoms with Gasteiger partial charge in [0.2, 0.25) is 11.8 Å². The molecule has 0 aliphatic heterocycles. The molecule has 2 aromatic carbocycles. The Balaban J connectivity index is 1.38. The Hall–Kier alpha value is -3.18. The molecule has 1 aliphatic rings. The molecule has 5 heteroatoms. The molecular weight excluding hydrogens is 374 g/mol. The Labute approximate surface area is 177 Å². The number of nitrogens with zero attached hydrogens (tertiary/aromatic N) is 1. The number of amides is 1. The fourth-order valence-corrected chi connectivity index (χ4v) is 4.04. The summed E-state index contributed by atoms with van der Waals surface area (Å²) < 4.78 is 6.15. The van der Waals surface area contributed by atoms with E-state index in [1.54, 1.807) is 12.1 Å². The fraction of sp³-hybridized carbons (Fsp3) is 0.280. The van der Waals surface area contributed by atoms with Crippen molar-refractivity contribution in [2.75, 3.05) is 6.54 Å². The number of aromatic nitrogens is 1. The molecule has 30 heavy (non-hydrogen) atoms. The topological polar surface area (TPSA) is 77.2 Å². The number of benzene rings is 2. The molecule has 0 saturated carbocycles. The molecule has 154 valence electrons. The predicted octanol–water partition coefficient (Wildman–Crippen LogP) is 3.84. The van der Waals surface area contributed by atoms with Crippen molar-refractivity contribution in [1.82, 2.24) is 10.3 Å². The molecule has 1 heterocycles. The standard InChI is InChI=1S/C25H27N3O2/c26-25(29)20-12-13-24(28-17-20)30-21-15-19-10-4-5-11-22(19)23(16-21)27-14-6-9-18-7-2-1-3-8-18/h1-5,7-8,10-13,17,21,23,27H,6,9,14-16H2,(H2,26,29). The Morgan fingerprint density at radius 1 is 1.07 bits per heavy atom. The first-order valence-electron chi connectivity index (χ1n) is 10.5. The first-order valence-corrected chi connectivity index (χ1v) is 10.5. The third-order valence-electron chi connectivity index (χ3n) is 5.56. The zero-order valence-electron chi connectivity index (χ0n) is 17.0. The van der Waals surface area contributed by atoms with Gasteiger partial charge in [-0.05, 0) is 42.1 Å². The first kappa shape index (κ1) is 20.1. The summed E-state index contributed by atoms with van der Waals surface area (Å²) in [4.78, 5) is 15.5. The van der Waals surface area contributed by atoms with Crippen LogP contribution >= 0.6 is 0 Å². The number of carbonyl (C=O) groups excluding carboxylic acids is 1. The van der Waals surface area contributed by atoms with Gasteiger partial charge in [-0.2, -0.15) is 0 Å². The SMILES string of the molecule is NC(=O)c1ccc(OC2Cc3ccccc3C(NCCCc3ccccc3)C2)nc1. The molecular formula is C25H27N3O2. The van der Waals surface area contributed by atoms with Crippen molar-refractivity contribution in [2.45, 2.75) is 37.8 Å². The van der Waals surface area contributed by atoms with Crippen LogP contribution in [0.25, 0.3) is 0 Å². The second kappa shape index (κ2) is 9.55. The number of carbonyl (C=O) groups is 1. The van der Waals surface area contributed by atoms with E-state index < -0.39 is 5.91 Å². The number of pyridine rings is 1. The lowest BCUT2D eigenvalue weighted by Crippen LogP contribution is -2.35. The van der Waals surface area contributed by atoms with Gasteiger partial charge in [0.15, 0.2) is 0 Å². The summed E-state index contributed by atoms with van der Waals surface area (Å²) in [6.07, 6.45) is 5.37. The van der Waals surface area contributed by atoms with Crippen LogP contribution < -0.4 is 15.8 Å². The van der Waals surface area contributed by atoms with Crippen LogP contribution in [0.4, 0.5) is 0 Å². The summed E-state index contributed by atoms with van der Waals surface area (Å²) in [6, 6.07) is 22.8. The molecule has 1 amide bonds. The van der Waals surface area contributed by atoms with Gasteiger partial charge < -0.3 is 15.8 Å². The number of hydrogen-bond acceptors (Lipinski definition) is 4. The van der Waals surface area contributed by atoms with Crippen LogP contribution in [0.15, 0.2) is 72.9 Å². The minimum Gasteiger partial charge on any atom is -0.474 e. The largest absolute Gasteiger partial charge is 0.474 e. The Kier molecular flexibility index (Phi) is 6.40. The summed E-state index contributed by atoms with van der Waals surface area (Å²) in [6.45, 7) is 0.951. The van der Waals surface area contributed by atoms with E-state index in [1.165, 1.54) is 22.9 Å². The van der Waals surface area contributed by atoms with Gasteiger partial charge in [0.1, 0.15) is 6.10 Å². The maximum Gasteiger partial charge on any atom is 0.250 e. The number of aryl methyl sites for hydroxylation is 1. The molecule has 1 aromatic heterocycles. The quantitative estimate of drug-likeness (QED) is 0.562. The predicted molar refractivity (Wildman–Crippen MR) is 117 cm³/mol. The number of rotatable bonds is 8. The van der Waals surface area contributed by atoms with Gasteiger partial charge in [0.05, 0.1) is 5.56 Å². The van der Waals surface area contributed by atoms with Crippen molar-refractivity contribution in [1.29, 1.82) is 0 Å². The molecule has 0 fully saturated rings. The van der Waals surface area contributed by atoms with Crippen LogP contribution in [0.1, 0.15) is 45.9 Å². The maximum absolute atomic E-state index is 11.2. The normalized spacial score (nSPS) is 17.9. The van der Waals surface area contributed by atoms with Gasteiger partial charge in [-0.1, -0.05) is 54.6 Å². The average Bonchev–Trinajstić information content (AvgIpc) is 2.78. The summed E-state index contributed by atoms with van der Waals surface area (Å²) in [5.74, 6) is 0.0348. The van der Waals surface area contributed by atoms with Crippen LogP contribution in [-0.2, 0) is 12.8 Å². The lowest BCUT2D eigenvalue weighted by Gasteiger charge is -2.32. The number of primary amides is 1. The highest BCUT2D eigenvalue weighted by Gasteiger charge is 2.27. The second-order valence-electron chi connectivity index (χ2n) is 7.72. The van der Waals surface area contributed by atoms with Crippen molar-refractivity contribution >= 4 is 5.91 Å². The molecule has 0 saturated heterocycles. The molecule has 0 bridgehead atoms. The van der Waals surface area contributed by atoms with Crippen molar-refractivity contribution < 1.29 is 9.53 Å². The summed E-state index contributed by atoms with van der Waals surface area (Å²) in [7, 11) is 0. The van der Waals surface area contributed by atoms with E-state index in [2.05, 4.69) is 64.9 Å². The lowest BCUT2D eigenvalue weighted by atomic mass is 9.85. The van der Waals surface area contributed by atoms with Gasteiger partial charge in [-0.25, -0.2) is 4.98 Å². The molecule has 3 N–H and O–H groups in total. The van der Waals surface area contributed by atoms with Crippen molar-refractivity contribution in [2.24, 2.45) is 5.73 Å². The van der Waals surface area contributed by atoms with Crippen LogP contribution in [-0.4, -0.2) is 23.5 Å². The lowest BCUT2D eigenvalue weighted by molar-refractivity contribution is 0.0999. The third kappa shape index (κ3) is 5.05. The Bertz CT molecular complexity index is 973. The number of fused-ring (bicyclic) bond motifs is 1. The molecule has 2 atom stereocenters. The van der Waals surface area contributed by atoms with Gasteiger partial charge in [-0.15, -0.1) is 0 Å². The highest BCUT2D eigenvalue weighted by molar-refractivity contribution is 5.92. The molecule has 3 aromatic rings. The van der Waals surface area contributed by atoms with E-state index in [0.29, 0.717) is 11.4 Å². The number of ether oxygens (including phenoxy) is 1. The zero-order valence-corrected chi connectivity index (χ0v) is 17.0. The minimum absolute atomic E-state index is 0.0263. The monoisotopic (exact) mass is 401 g/mol. The van der Waals surface area contributed by atoms with E-state index in [4.69, 9.17) is 10.5 Å². The maximum atomic E-state index is 11.2. The van der Waals surface area contributed by atoms with E-state index >= 15 is 0 Å². The second-order valence-corrected chi connectivity index (χ2v) is 7.72. The van der Waals surface area contributed by atoms with E-state index in [9.17, 15) is 4.79 Å². The summed E-state index contributed by atoms with van der Waals surface area (Å²) >= 11 is 0. The van der Waals surface area contributed by atoms with Crippen LogP contribution in [0.3, 0.4) is 0 Å². The molecule has 0 spiro atoms. The molecule has 1 aliphatic carbocycles. The Morgan fingerprint density at radius 2 is 1.87 bits per heavy atom. The van der Waals surface area contributed by atoms with Crippen LogP contribution in [0.2, 0.25) is 0 Å². The smallest absolute Gasteiger partial charge is 0.250 e. The van der Waals surface area contributed by atoms with Gasteiger partial charge in [-0.3, -0.25) is 4.79 Å². The molecule has 2 unspecified atom stereocenters.